The molecular weight excluding hydrogens is 604 g/mol. The van der Waals surface area contributed by atoms with E-state index in [1.54, 1.807) is 19.1 Å². The van der Waals surface area contributed by atoms with Crippen LogP contribution in [0.4, 0.5) is 11.6 Å². The van der Waals surface area contributed by atoms with E-state index in [-0.39, 0.29) is 23.7 Å². The van der Waals surface area contributed by atoms with Crippen LogP contribution in [-0.4, -0.2) is 80.6 Å². The summed E-state index contributed by atoms with van der Waals surface area (Å²) in [6.07, 6.45) is 0.228. The highest BCUT2D eigenvalue weighted by atomic mass is 16.6. The Morgan fingerprint density at radius 2 is 1.38 bits per heavy atom. The Balaban J connectivity index is 0.000000172. The Labute approximate surface area is 271 Å². The molecule has 0 saturated carbocycles. The van der Waals surface area contributed by atoms with Crippen LogP contribution in [0.5, 0.6) is 0 Å². The molecule has 0 bridgehead atoms. The minimum Gasteiger partial charge on any atom is -0.393 e. The summed E-state index contributed by atoms with van der Waals surface area (Å²) < 4.78 is 21.9. The largest absolute Gasteiger partial charge is 0.393 e. The Hall–Kier alpha value is -4.18. The van der Waals surface area contributed by atoms with Gasteiger partial charge in [0.15, 0.2) is 11.6 Å². The van der Waals surface area contributed by atoms with Gasteiger partial charge in [-0.3, -0.25) is 0 Å². The van der Waals surface area contributed by atoms with Crippen molar-refractivity contribution in [1.29, 1.82) is 0 Å². The monoisotopic (exact) mass is 646 g/mol. The van der Waals surface area contributed by atoms with Gasteiger partial charge < -0.3 is 41.0 Å². The van der Waals surface area contributed by atoms with Crippen molar-refractivity contribution in [2.45, 2.75) is 82.4 Å². The number of aromatic nitrogens is 6. The molecule has 2 aliphatic heterocycles. The molecule has 250 valence electrons. The quantitative estimate of drug-likeness (QED) is 0.173. The zero-order chi connectivity index (χ0) is 33.5. The predicted octanol–water partition coefficient (Wildman–Crippen LogP) is 2.63. The van der Waals surface area contributed by atoms with Crippen molar-refractivity contribution in [1.82, 2.24) is 29.2 Å². The van der Waals surface area contributed by atoms with Crippen LogP contribution < -0.4 is 11.5 Å². The fraction of sp³-hybridized carbons (Fsp3) is 0.455. The van der Waals surface area contributed by atoms with Gasteiger partial charge in [0, 0.05) is 5.92 Å². The Kier molecular flexibility index (Phi) is 8.91. The van der Waals surface area contributed by atoms with Crippen molar-refractivity contribution in [3.63, 3.8) is 0 Å². The number of rotatable bonds is 7. The third-order valence-corrected chi connectivity index (χ3v) is 9.71. The summed E-state index contributed by atoms with van der Waals surface area (Å²) in [4.78, 5) is 7.95. The number of ether oxygens (including phenoxy) is 3. The van der Waals surface area contributed by atoms with Gasteiger partial charge in [0.05, 0.1) is 36.3 Å². The number of nitrogens with zero attached hydrogens (tertiary/aromatic N) is 6. The Morgan fingerprint density at radius 3 is 1.91 bits per heavy atom. The number of hydrogen-bond donors (Lipinski definition) is 5. The summed E-state index contributed by atoms with van der Waals surface area (Å²) in [6, 6.07) is 17.6. The van der Waals surface area contributed by atoms with E-state index in [4.69, 9.17) is 25.7 Å². The van der Waals surface area contributed by atoms with Crippen LogP contribution in [0.2, 0.25) is 0 Å². The molecule has 0 amide bonds. The summed E-state index contributed by atoms with van der Waals surface area (Å²) >= 11 is 0. The van der Waals surface area contributed by atoms with Gasteiger partial charge in [-0.15, -0.1) is 0 Å². The highest BCUT2D eigenvalue weighted by Gasteiger charge is 2.52. The van der Waals surface area contributed by atoms with Crippen molar-refractivity contribution in [2.24, 2.45) is 5.92 Å². The van der Waals surface area contributed by atoms with Gasteiger partial charge in [-0.05, 0) is 50.1 Å². The molecule has 1 aromatic carbocycles. The maximum atomic E-state index is 10.2. The molecular formula is C33H42N8O6. The molecule has 2 saturated heterocycles. The van der Waals surface area contributed by atoms with Crippen molar-refractivity contribution >= 4 is 22.7 Å². The number of hydrogen-bond acceptors (Lipinski definition) is 12. The average molecular weight is 647 g/mol. The molecule has 47 heavy (non-hydrogen) atoms. The normalized spacial score (nSPS) is 30.5. The van der Waals surface area contributed by atoms with Gasteiger partial charge in [-0.25, -0.2) is 19.0 Å². The van der Waals surface area contributed by atoms with Crippen molar-refractivity contribution < 1.29 is 29.5 Å². The number of aliphatic hydroxyl groups is 3. The number of nitrogens with two attached hydrogens (primary N) is 2. The van der Waals surface area contributed by atoms with Gasteiger partial charge in [0.25, 0.3) is 0 Å². The van der Waals surface area contributed by atoms with E-state index in [2.05, 4.69) is 53.1 Å². The first kappa shape index (κ1) is 32.7. The fourth-order valence-electron chi connectivity index (χ4n) is 6.41. The molecule has 7 N–H and O–H groups in total. The molecule has 2 aliphatic rings. The molecule has 14 nitrogen and oxygen atoms in total. The molecule has 0 aliphatic carbocycles. The van der Waals surface area contributed by atoms with Crippen LogP contribution in [0.15, 0.2) is 67.3 Å². The molecule has 0 unspecified atom stereocenters. The first-order valence-electron chi connectivity index (χ1n) is 15.7. The highest BCUT2D eigenvalue weighted by Crippen LogP contribution is 2.47. The predicted molar refractivity (Wildman–Crippen MR) is 173 cm³/mol. The number of anilines is 2. The fourth-order valence-corrected chi connectivity index (χ4v) is 6.41. The molecule has 6 heterocycles. The summed E-state index contributed by atoms with van der Waals surface area (Å²) in [5.74, 6) is 1.01. The second kappa shape index (κ2) is 12.8. The van der Waals surface area contributed by atoms with E-state index >= 15 is 0 Å². The van der Waals surface area contributed by atoms with Gasteiger partial charge in [-0.1, -0.05) is 44.2 Å². The molecule has 5 aromatic rings. The third-order valence-electron chi connectivity index (χ3n) is 9.71. The third kappa shape index (κ3) is 5.81. The zero-order valence-electron chi connectivity index (χ0n) is 26.8. The topological polar surface area (TPSA) is 201 Å². The summed E-state index contributed by atoms with van der Waals surface area (Å²) in [5.41, 5.74) is 14.3. The first-order valence-corrected chi connectivity index (χ1v) is 15.7. The van der Waals surface area contributed by atoms with Gasteiger partial charge in [-0.2, -0.15) is 10.2 Å². The number of fused-ring (bicyclic) bond motifs is 2. The van der Waals surface area contributed by atoms with E-state index in [0.717, 1.165) is 23.2 Å². The van der Waals surface area contributed by atoms with Crippen molar-refractivity contribution in [2.75, 3.05) is 18.1 Å². The maximum Gasteiger partial charge on any atom is 0.151 e. The summed E-state index contributed by atoms with van der Waals surface area (Å²) in [6.45, 7) is 8.22. The zero-order valence-corrected chi connectivity index (χ0v) is 26.8. The second-order valence-electron chi connectivity index (χ2n) is 12.6. The minimum absolute atomic E-state index is 0.0792. The smallest absolute Gasteiger partial charge is 0.151 e. The van der Waals surface area contributed by atoms with Gasteiger partial charge in [0.2, 0.25) is 0 Å². The lowest BCUT2D eigenvalue weighted by molar-refractivity contribution is -0.100. The van der Waals surface area contributed by atoms with Crippen LogP contribution in [0.3, 0.4) is 0 Å². The number of aliphatic hydroxyl groups excluding tert-OH is 3. The van der Waals surface area contributed by atoms with Crippen molar-refractivity contribution in [3.05, 3.63) is 84.2 Å². The average Bonchev–Trinajstić information content (AvgIpc) is 3.82. The lowest BCUT2D eigenvalue weighted by atomic mass is 9.85. The van der Waals surface area contributed by atoms with Crippen LogP contribution in [0.1, 0.15) is 63.3 Å². The molecule has 0 spiro atoms. The first-order chi connectivity index (χ1) is 22.5. The second-order valence-corrected chi connectivity index (χ2v) is 12.6. The molecule has 14 heteroatoms. The summed E-state index contributed by atoms with van der Waals surface area (Å²) in [7, 11) is 0. The maximum absolute atomic E-state index is 10.2. The van der Waals surface area contributed by atoms with Gasteiger partial charge >= 0.3 is 0 Å². The van der Waals surface area contributed by atoms with E-state index in [1.165, 1.54) is 17.2 Å². The van der Waals surface area contributed by atoms with E-state index in [9.17, 15) is 15.3 Å². The lowest BCUT2D eigenvalue weighted by Gasteiger charge is -2.27. The lowest BCUT2D eigenvalue weighted by Crippen LogP contribution is -2.43. The molecule has 8 atom stereocenters. The van der Waals surface area contributed by atoms with Crippen molar-refractivity contribution in [3.8, 4) is 0 Å². The van der Waals surface area contributed by atoms with Crippen LogP contribution in [0, 0.1) is 5.92 Å². The van der Waals surface area contributed by atoms with Crippen LogP contribution >= 0.6 is 0 Å². The van der Waals surface area contributed by atoms with Crippen LogP contribution in [0.25, 0.3) is 11.0 Å². The number of benzene rings is 1. The standard InChI is InChI=1S/C21H26N4O2.C12H16N4O4/c1-4-21(3)14(2)18(26-12-15-8-6-5-7-9-15)19(27-21)16-10-11-17-20(22)23-13-24-25(16)17;1-12(4-17)10(19)8(18)9(20-12)6-2-3-7-11(13)14-5-15-16(6)7/h5-11,13-14,18-19H,4,12H2,1-3H3,(H2,22,23,24);2-3,5,8-10,17-19H,4H2,1H3,(H2,13,14,15)/t14-,18+,19-,21+;8-,9-,10-,12+/m00/s1. The number of nitrogen functional groups attached to an aromatic ring is 2. The minimum atomic E-state index is -1.22. The molecule has 0 radical (unpaired) electrons. The molecule has 7 rings (SSSR count). The molecule has 2 fully saturated rings. The van der Waals surface area contributed by atoms with E-state index in [0.29, 0.717) is 29.5 Å². The Morgan fingerprint density at radius 1 is 0.830 bits per heavy atom. The van der Waals surface area contributed by atoms with E-state index in [1.807, 2.05) is 34.8 Å². The summed E-state index contributed by atoms with van der Waals surface area (Å²) in [5, 5.41) is 38.0. The van der Waals surface area contributed by atoms with Gasteiger partial charge in [0.1, 0.15) is 53.7 Å². The van der Waals surface area contributed by atoms with Crippen LogP contribution in [-0.2, 0) is 20.8 Å². The van der Waals surface area contributed by atoms with E-state index < -0.39 is 30.5 Å². The highest BCUT2D eigenvalue weighted by molar-refractivity contribution is 5.66. The Bertz CT molecular complexity index is 1830. The SMILES string of the molecule is CC[C@@]1(C)O[C@@H](c2ccc3c(N)ncnn23)[C@H](OCc2ccccc2)[C@@H]1C.C[C@]1(CO)O[C@@H](c2ccc3c(N)ncnn23)[C@H](O)[C@@H]1O. The molecule has 4 aromatic heterocycles.